The van der Waals surface area contributed by atoms with Crippen LogP contribution in [0.2, 0.25) is 0 Å². The largest absolute Gasteiger partial charge is 0.361 e. The van der Waals surface area contributed by atoms with E-state index in [1.165, 1.54) is 0 Å². The van der Waals surface area contributed by atoms with Crippen molar-refractivity contribution in [2.75, 3.05) is 0 Å². The summed E-state index contributed by atoms with van der Waals surface area (Å²) < 4.78 is 0. The molecule has 1 amide bonds. The van der Waals surface area contributed by atoms with Crippen LogP contribution in [0.1, 0.15) is 18.9 Å². The molecular weight excluding hydrogens is 202 g/mol. The van der Waals surface area contributed by atoms with Gasteiger partial charge < -0.3 is 4.98 Å². The monoisotopic (exact) mass is 215 g/mol. The van der Waals surface area contributed by atoms with E-state index in [2.05, 4.69) is 15.5 Å². The molecule has 2 aromatic rings. The van der Waals surface area contributed by atoms with Gasteiger partial charge in [0.1, 0.15) is 0 Å². The number of aromatic amines is 1. The van der Waals surface area contributed by atoms with Crippen LogP contribution in [0, 0.1) is 0 Å². The summed E-state index contributed by atoms with van der Waals surface area (Å²) in [5, 5.41) is 4.98. The van der Waals surface area contributed by atoms with E-state index >= 15 is 0 Å². The van der Waals surface area contributed by atoms with Gasteiger partial charge in [0.15, 0.2) is 0 Å². The normalized spacial score (nSPS) is 11.1. The van der Waals surface area contributed by atoms with Gasteiger partial charge in [0.05, 0.1) is 6.21 Å². The van der Waals surface area contributed by atoms with Crippen LogP contribution in [0.25, 0.3) is 10.9 Å². The quantitative estimate of drug-likeness (QED) is 0.597. The van der Waals surface area contributed by atoms with E-state index in [4.69, 9.17) is 0 Å². The minimum absolute atomic E-state index is 0.0870. The lowest BCUT2D eigenvalue weighted by Crippen LogP contribution is -2.15. The van der Waals surface area contributed by atoms with Crippen LogP contribution >= 0.6 is 0 Å². The molecule has 1 aromatic heterocycles. The smallest absolute Gasteiger partial charge is 0.239 e. The van der Waals surface area contributed by atoms with Crippen LogP contribution in [-0.4, -0.2) is 17.1 Å². The molecule has 82 valence electrons. The van der Waals surface area contributed by atoms with E-state index in [1.807, 2.05) is 30.5 Å². The molecule has 4 heteroatoms. The number of nitrogens with zero attached hydrogens (tertiary/aromatic N) is 1. The van der Waals surface area contributed by atoms with Gasteiger partial charge in [0.25, 0.3) is 0 Å². The van der Waals surface area contributed by atoms with Crippen LogP contribution in [0.3, 0.4) is 0 Å². The van der Waals surface area contributed by atoms with Crippen molar-refractivity contribution in [3.63, 3.8) is 0 Å². The second kappa shape index (κ2) is 4.61. The van der Waals surface area contributed by atoms with Gasteiger partial charge in [-0.2, -0.15) is 5.10 Å². The molecule has 0 saturated carbocycles. The highest BCUT2D eigenvalue weighted by Gasteiger charge is 1.99. The highest BCUT2D eigenvalue weighted by Crippen LogP contribution is 2.15. The Balaban J connectivity index is 2.18. The van der Waals surface area contributed by atoms with E-state index < -0.39 is 0 Å². The second-order valence-corrected chi connectivity index (χ2v) is 3.44. The Morgan fingerprint density at radius 2 is 2.31 bits per heavy atom. The summed E-state index contributed by atoms with van der Waals surface area (Å²) in [7, 11) is 0. The number of benzene rings is 1. The number of amides is 1. The van der Waals surface area contributed by atoms with Crippen LogP contribution in [0.4, 0.5) is 0 Å². The Bertz CT molecular complexity index is 528. The number of rotatable bonds is 3. The first kappa shape index (κ1) is 10.4. The third-order valence-electron chi connectivity index (χ3n) is 2.34. The Morgan fingerprint density at radius 1 is 1.50 bits per heavy atom. The summed E-state index contributed by atoms with van der Waals surface area (Å²) in [6.07, 6.45) is 3.95. The molecular formula is C12H13N3O. The minimum Gasteiger partial charge on any atom is -0.361 e. The molecule has 1 heterocycles. The lowest BCUT2D eigenvalue weighted by molar-refractivity contribution is -0.120. The van der Waals surface area contributed by atoms with Crippen molar-refractivity contribution < 1.29 is 4.79 Å². The molecule has 0 unspecified atom stereocenters. The maximum atomic E-state index is 11.0. The van der Waals surface area contributed by atoms with Gasteiger partial charge >= 0.3 is 0 Å². The first-order chi connectivity index (χ1) is 7.81. The highest BCUT2D eigenvalue weighted by atomic mass is 16.2. The third kappa shape index (κ3) is 2.11. The zero-order valence-corrected chi connectivity index (χ0v) is 9.03. The average Bonchev–Trinajstić information content (AvgIpc) is 2.73. The highest BCUT2D eigenvalue weighted by molar-refractivity contribution is 5.99. The Kier molecular flexibility index (Phi) is 3.00. The zero-order chi connectivity index (χ0) is 11.4. The summed E-state index contributed by atoms with van der Waals surface area (Å²) in [6, 6.07) is 7.95. The number of H-pyrrole nitrogens is 1. The first-order valence-electron chi connectivity index (χ1n) is 5.19. The predicted molar refractivity (Wildman–Crippen MR) is 64.3 cm³/mol. The number of hydrogen-bond donors (Lipinski definition) is 2. The van der Waals surface area contributed by atoms with Gasteiger partial charge in [0, 0.05) is 29.1 Å². The van der Waals surface area contributed by atoms with Crippen molar-refractivity contribution in [3.8, 4) is 0 Å². The van der Waals surface area contributed by atoms with Gasteiger partial charge in [-0.15, -0.1) is 0 Å². The summed E-state index contributed by atoms with van der Waals surface area (Å²) >= 11 is 0. The molecule has 0 spiro atoms. The average molecular weight is 215 g/mol. The Morgan fingerprint density at radius 3 is 3.12 bits per heavy atom. The number of hydrazone groups is 1. The standard InChI is InChI=1S/C12H13N3O/c1-2-12(16)15-14-8-9-7-13-11-6-4-3-5-10(9)11/h3-8,13H,2H2,1H3,(H,15,16)/b14-8-. The van der Waals surface area contributed by atoms with Crippen molar-refractivity contribution >= 4 is 23.0 Å². The molecule has 0 bridgehead atoms. The van der Waals surface area contributed by atoms with E-state index in [0.717, 1.165) is 16.5 Å². The Labute approximate surface area is 93.4 Å². The maximum Gasteiger partial charge on any atom is 0.239 e. The van der Waals surface area contributed by atoms with E-state index in [-0.39, 0.29) is 5.91 Å². The molecule has 0 aliphatic carbocycles. The number of carbonyl (C=O) groups is 1. The van der Waals surface area contributed by atoms with Gasteiger partial charge in [-0.1, -0.05) is 25.1 Å². The van der Waals surface area contributed by atoms with Crippen molar-refractivity contribution in [1.29, 1.82) is 0 Å². The second-order valence-electron chi connectivity index (χ2n) is 3.44. The fraction of sp³-hybridized carbons (Fsp3) is 0.167. The summed E-state index contributed by atoms with van der Waals surface area (Å²) in [5.41, 5.74) is 4.48. The number of carbonyl (C=O) groups excluding carboxylic acids is 1. The maximum absolute atomic E-state index is 11.0. The lowest BCUT2D eigenvalue weighted by atomic mass is 10.2. The summed E-state index contributed by atoms with van der Waals surface area (Å²) in [4.78, 5) is 14.1. The molecule has 2 rings (SSSR count). The van der Waals surface area contributed by atoms with Crippen LogP contribution in [-0.2, 0) is 4.79 Å². The lowest BCUT2D eigenvalue weighted by Gasteiger charge is -1.93. The van der Waals surface area contributed by atoms with E-state index in [1.54, 1.807) is 13.1 Å². The topological polar surface area (TPSA) is 57.2 Å². The predicted octanol–water partition coefficient (Wildman–Crippen LogP) is 2.03. The first-order valence-corrected chi connectivity index (χ1v) is 5.19. The minimum atomic E-state index is -0.0870. The van der Waals surface area contributed by atoms with Gasteiger partial charge in [0.2, 0.25) is 5.91 Å². The summed E-state index contributed by atoms with van der Waals surface area (Å²) in [6.45, 7) is 1.79. The van der Waals surface area contributed by atoms with Crippen molar-refractivity contribution in [2.24, 2.45) is 5.10 Å². The molecule has 0 fully saturated rings. The fourth-order valence-electron chi connectivity index (χ4n) is 1.45. The molecule has 0 radical (unpaired) electrons. The molecule has 0 aliphatic rings. The number of para-hydroxylation sites is 1. The molecule has 4 nitrogen and oxygen atoms in total. The van der Waals surface area contributed by atoms with Crippen molar-refractivity contribution in [3.05, 3.63) is 36.0 Å². The molecule has 0 saturated heterocycles. The van der Waals surface area contributed by atoms with Crippen LogP contribution in [0.5, 0.6) is 0 Å². The van der Waals surface area contributed by atoms with Gasteiger partial charge in [-0.05, 0) is 6.07 Å². The van der Waals surface area contributed by atoms with Gasteiger partial charge in [-0.25, -0.2) is 5.43 Å². The van der Waals surface area contributed by atoms with E-state index in [0.29, 0.717) is 6.42 Å². The van der Waals surface area contributed by atoms with E-state index in [9.17, 15) is 4.79 Å². The van der Waals surface area contributed by atoms with Gasteiger partial charge in [-0.3, -0.25) is 4.79 Å². The Hall–Kier alpha value is -2.10. The zero-order valence-electron chi connectivity index (χ0n) is 9.03. The molecule has 1 aromatic carbocycles. The molecule has 16 heavy (non-hydrogen) atoms. The number of nitrogens with one attached hydrogen (secondary N) is 2. The SMILES string of the molecule is CCC(=O)N/N=C\c1c[nH]c2ccccc12. The van der Waals surface area contributed by atoms with Crippen LogP contribution < -0.4 is 5.43 Å². The summed E-state index contributed by atoms with van der Waals surface area (Å²) in [5.74, 6) is -0.0870. The number of aromatic nitrogens is 1. The number of fused-ring (bicyclic) bond motifs is 1. The molecule has 0 aliphatic heterocycles. The van der Waals surface area contributed by atoms with Crippen LogP contribution in [0.15, 0.2) is 35.6 Å². The van der Waals surface area contributed by atoms with Crippen molar-refractivity contribution in [2.45, 2.75) is 13.3 Å². The number of hydrogen-bond acceptors (Lipinski definition) is 2. The van der Waals surface area contributed by atoms with Crippen molar-refractivity contribution in [1.82, 2.24) is 10.4 Å². The third-order valence-corrected chi connectivity index (χ3v) is 2.34. The molecule has 0 atom stereocenters. The molecule has 2 N–H and O–H groups in total. The fourth-order valence-corrected chi connectivity index (χ4v) is 1.45.